The normalized spacial score (nSPS) is 11.2. The lowest BCUT2D eigenvalue weighted by atomic mass is 10.3. The lowest BCUT2D eigenvalue weighted by Crippen LogP contribution is -1.93. The molecule has 0 amide bonds. The molecule has 0 aliphatic carbocycles. The number of hydrogen-bond acceptors (Lipinski definition) is 6. The van der Waals surface area contributed by atoms with E-state index in [0.29, 0.717) is 23.2 Å². The van der Waals surface area contributed by atoms with Crippen LogP contribution in [0.15, 0.2) is 57.4 Å². The SMILES string of the molecule is CCSc1nncn1N=Cc1ccc(COc2ccc(Cl)cc2)o1. The van der Waals surface area contributed by atoms with Crippen LogP contribution in [0, 0.1) is 0 Å². The number of benzene rings is 1. The molecule has 0 fully saturated rings. The van der Waals surface area contributed by atoms with Crippen molar-refractivity contribution in [3.63, 3.8) is 0 Å². The van der Waals surface area contributed by atoms with Gasteiger partial charge < -0.3 is 9.15 Å². The van der Waals surface area contributed by atoms with Crippen molar-refractivity contribution in [2.45, 2.75) is 18.7 Å². The summed E-state index contributed by atoms with van der Waals surface area (Å²) in [7, 11) is 0. The summed E-state index contributed by atoms with van der Waals surface area (Å²) < 4.78 is 12.9. The molecule has 6 nitrogen and oxygen atoms in total. The second-order valence-corrected chi connectivity index (χ2v) is 6.35. The highest BCUT2D eigenvalue weighted by atomic mass is 35.5. The van der Waals surface area contributed by atoms with E-state index >= 15 is 0 Å². The molecule has 0 saturated carbocycles. The molecular formula is C16H15ClN4O2S. The maximum absolute atomic E-state index is 5.84. The van der Waals surface area contributed by atoms with Crippen molar-refractivity contribution in [3.05, 3.63) is 59.3 Å². The van der Waals surface area contributed by atoms with Gasteiger partial charge in [-0.15, -0.1) is 10.2 Å². The standard InChI is InChI=1S/C16H15ClN4O2S/c1-2-24-16-20-18-11-21(16)19-9-14-7-8-15(23-14)10-22-13-5-3-12(17)4-6-13/h3-9,11H,2,10H2,1H3. The van der Waals surface area contributed by atoms with Crippen LogP contribution in [0.25, 0.3) is 0 Å². The van der Waals surface area contributed by atoms with Crippen LogP contribution in [-0.2, 0) is 6.61 Å². The molecule has 0 spiro atoms. The van der Waals surface area contributed by atoms with E-state index in [0.717, 1.165) is 16.7 Å². The van der Waals surface area contributed by atoms with E-state index in [1.807, 2.05) is 31.2 Å². The molecule has 2 heterocycles. The van der Waals surface area contributed by atoms with Crippen molar-refractivity contribution in [2.24, 2.45) is 5.10 Å². The first-order valence-electron chi connectivity index (χ1n) is 7.29. The van der Waals surface area contributed by atoms with Crippen LogP contribution in [0.4, 0.5) is 0 Å². The van der Waals surface area contributed by atoms with Crippen LogP contribution in [-0.4, -0.2) is 26.8 Å². The molecule has 0 unspecified atom stereocenters. The molecular weight excluding hydrogens is 348 g/mol. The molecule has 3 rings (SSSR count). The molecule has 0 N–H and O–H groups in total. The van der Waals surface area contributed by atoms with Crippen LogP contribution in [0.5, 0.6) is 5.75 Å². The van der Waals surface area contributed by atoms with Crippen molar-refractivity contribution in [1.82, 2.24) is 14.9 Å². The summed E-state index contributed by atoms with van der Waals surface area (Å²) in [5.74, 6) is 2.97. The monoisotopic (exact) mass is 362 g/mol. The summed E-state index contributed by atoms with van der Waals surface area (Å²) in [6.07, 6.45) is 3.18. The van der Waals surface area contributed by atoms with Crippen molar-refractivity contribution in [3.8, 4) is 5.75 Å². The van der Waals surface area contributed by atoms with Gasteiger partial charge in [-0.05, 0) is 42.2 Å². The van der Waals surface area contributed by atoms with E-state index in [4.69, 9.17) is 20.8 Å². The summed E-state index contributed by atoms with van der Waals surface area (Å²) >= 11 is 7.41. The Morgan fingerprint density at radius 3 is 2.92 bits per heavy atom. The van der Waals surface area contributed by atoms with Crippen molar-refractivity contribution in [2.75, 3.05) is 5.75 Å². The Kier molecular flexibility index (Phi) is 5.55. The fraction of sp³-hybridized carbons (Fsp3) is 0.188. The lowest BCUT2D eigenvalue weighted by Gasteiger charge is -2.03. The third-order valence-corrected chi connectivity index (χ3v) is 4.03. The number of nitrogens with zero attached hydrogens (tertiary/aromatic N) is 4. The van der Waals surface area contributed by atoms with Crippen LogP contribution < -0.4 is 4.74 Å². The van der Waals surface area contributed by atoms with Gasteiger partial charge in [0.15, 0.2) is 0 Å². The lowest BCUT2D eigenvalue weighted by molar-refractivity contribution is 0.270. The van der Waals surface area contributed by atoms with E-state index in [1.54, 1.807) is 41.1 Å². The fourth-order valence-corrected chi connectivity index (χ4v) is 2.58. The molecule has 8 heteroatoms. The summed E-state index contributed by atoms with van der Waals surface area (Å²) in [4.78, 5) is 0. The highest BCUT2D eigenvalue weighted by molar-refractivity contribution is 7.99. The second kappa shape index (κ2) is 8.03. The van der Waals surface area contributed by atoms with E-state index in [9.17, 15) is 0 Å². The average molecular weight is 363 g/mol. The Labute approximate surface area is 148 Å². The van der Waals surface area contributed by atoms with Crippen LogP contribution in [0.1, 0.15) is 18.4 Å². The Hall–Kier alpha value is -2.25. The smallest absolute Gasteiger partial charge is 0.211 e. The first-order valence-corrected chi connectivity index (χ1v) is 8.65. The molecule has 0 aliphatic heterocycles. The van der Waals surface area contributed by atoms with Gasteiger partial charge in [-0.3, -0.25) is 0 Å². The Morgan fingerprint density at radius 1 is 1.29 bits per heavy atom. The topological polar surface area (TPSA) is 65.4 Å². The first-order chi connectivity index (χ1) is 11.7. The third-order valence-electron chi connectivity index (χ3n) is 2.96. The quantitative estimate of drug-likeness (QED) is 0.467. The Balaban J connectivity index is 1.59. The summed E-state index contributed by atoms with van der Waals surface area (Å²) in [5, 5.41) is 13.6. The summed E-state index contributed by atoms with van der Waals surface area (Å²) in [6.45, 7) is 2.38. The van der Waals surface area contributed by atoms with Gasteiger partial charge in [-0.1, -0.05) is 30.3 Å². The molecule has 2 aromatic heterocycles. The number of furan rings is 1. The van der Waals surface area contributed by atoms with Crippen molar-refractivity contribution < 1.29 is 9.15 Å². The van der Waals surface area contributed by atoms with Crippen LogP contribution in [0.2, 0.25) is 5.02 Å². The number of halogens is 1. The fourth-order valence-electron chi connectivity index (χ4n) is 1.87. The van der Waals surface area contributed by atoms with E-state index in [-0.39, 0.29) is 0 Å². The number of hydrogen-bond donors (Lipinski definition) is 0. The first kappa shape index (κ1) is 16.6. The molecule has 0 bridgehead atoms. The average Bonchev–Trinajstić information content (AvgIpc) is 3.22. The highest BCUT2D eigenvalue weighted by Gasteiger charge is 2.04. The van der Waals surface area contributed by atoms with Gasteiger partial charge in [-0.2, -0.15) is 9.78 Å². The highest BCUT2D eigenvalue weighted by Crippen LogP contribution is 2.18. The second-order valence-electron chi connectivity index (χ2n) is 4.68. The minimum atomic E-state index is 0.332. The van der Waals surface area contributed by atoms with Crippen LogP contribution >= 0.6 is 23.4 Å². The van der Waals surface area contributed by atoms with Gasteiger partial charge in [-0.25, -0.2) is 0 Å². The number of rotatable bonds is 7. The Bertz CT molecular complexity index is 814. The molecule has 124 valence electrons. The minimum Gasteiger partial charge on any atom is -0.486 e. The zero-order valence-corrected chi connectivity index (χ0v) is 14.5. The molecule has 24 heavy (non-hydrogen) atoms. The number of thioether (sulfide) groups is 1. The zero-order chi connectivity index (χ0) is 16.8. The summed E-state index contributed by atoms with van der Waals surface area (Å²) in [6, 6.07) is 10.9. The molecule has 0 radical (unpaired) electrons. The molecule has 0 aliphatic rings. The predicted molar refractivity (Wildman–Crippen MR) is 93.9 cm³/mol. The van der Waals surface area contributed by atoms with Gasteiger partial charge in [0, 0.05) is 5.02 Å². The van der Waals surface area contributed by atoms with E-state index in [1.165, 1.54) is 0 Å². The van der Waals surface area contributed by atoms with Gasteiger partial charge in [0.05, 0.1) is 6.21 Å². The van der Waals surface area contributed by atoms with Crippen molar-refractivity contribution >= 4 is 29.6 Å². The molecule has 3 aromatic rings. The van der Waals surface area contributed by atoms with E-state index < -0.39 is 0 Å². The number of ether oxygens (including phenoxy) is 1. The largest absolute Gasteiger partial charge is 0.486 e. The summed E-state index contributed by atoms with van der Waals surface area (Å²) in [5.41, 5.74) is 0. The van der Waals surface area contributed by atoms with Crippen LogP contribution in [0.3, 0.4) is 0 Å². The molecule has 1 aromatic carbocycles. The third kappa shape index (κ3) is 4.39. The number of aromatic nitrogens is 3. The van der Waals surface area contributed by atoms with Gasteiger partial charge >= 0.3 is 0 Å². The predicted octanol–water partition coefficient (Wildman–Crippen LogP) is 4.10. The maximum Gasteiger partial charge on any atom is 0.211 e. The van der Waals surface area contributed by atoms with E-state index in [2.05, 4.69) is 15.3 Å². The molecule has 0 atom stereocenters. The van der Waals surface area contributed by atoms with Gasteiger partial charge in [0.25, 0.3) is 0 Å². The van der Waals surface area contributed by atoms with Crippen molar-refractivity contribution in [1.29, 1.82) is 0 Å². The van der Waals surface area contributed by atoms with Gasteiger partial charge in [0.2, 0.25) is 5.16 Å². The Morgan fingerprint density at radius 2 is 2.12 bits per heavy atom. The zero-order valence-electron chi connectivity index (χ0n) is 12.9. The maximum atomic E-state index is 5.84. The minimum absolute atomic E-state index is 0.332. The van der Waals surface area contributed by atoms with Gasteiger partial charge in [0.1, 0.15) is 30.2 Å². The molecule has 0 saturated heterocycles.